The SMILES string of the molecule is Cc1csc2nc(COc3ccc([N+](=O)[O-])cc3C(F)(F)F)cc(=O)n12. The lowest BCUT2D eigenvalue weighted by atomic mass is 10.1. The molecule has 2 heterocycles. The molecule has 0 aliphatic rings. The van der Waals surface area contributed by atoms with E-state index in [2.05, 4.69) is 4.98 Å². The lowest BCUT2D eigenvalue weighted by Gasteiger charge is -2.13. The summed E-state index contributed by atoms with van der Waals surface area (Å²) in [6, 6.07) is 3.37. The second-order valence-electron chi connectivity index (χ2n) is 5.30. The molecule has 3 aromatic rings. The maximum absolute atomic E-state index is 13.1. The molecule has 0 atom stereocenters. The number of aryl methyl sites for hydroxylation is 1. The molecule has 0 fully saturated rings. The van der Waals surface area contributed by atoms with Crippen molar-refractivity contribution in [3.05, 3.63) is 67.1 Å². The summed E-state index contributed by atoms with van der Waals surface area (Å²) in [5.74, 6) is -0.576. The Balaban J connectivity index is 1.92. The standard InChI is InChI=1S/C15H10F3N3O4S/c1-8-7-26-14-19-9(4-13(22)20(8)14)6-25-12-3-2-10(21(23)24)5-11(12)15(16,17)18/h2-5,7H,6H2,1H3. The number of fused-ring (bicyclic) bond motifs is 1. The van der Waals surface area contributed by atoms with Gasteiger partial charge in [-0.05, 0) is 13.0 Å². The third-order valence-electron chi connectivity index (χ3n) is 3.48. The smallest absolute Gasteiger partial charge is 0.420 e. The fourth-order valence-electron chi connectivity index (χ4n) is 2.31. The third-order valence-corrected chi connectivity index (χ3v) is 4.43. The Morgan fingerprint density at radius 3 is 2.73 bits per heavy atom. The number of rotatable bonds is 4. The maximum atomic E-state index is 13.1. The lowest BCUT2D eigenvalue weighted by molar-refractivity contribution is -0.385. The summed E-state index contributed by atoms with van der Waals surface area (Å²) in [5, 5.41) is 12.4. The Morgan fingerprint density at radius 2 is 2.08 bits per heavy atom. The van der Waals surface area contributed by atoms with Gasteiger partial charge in [-0.1, -0.05) is 0 Å². The predicted octanol–water partition coefficient (Wildman–Crippen LogP) is 3.57. The van der Waals surface area contributed by atoms with Crippen LogP contribution in [-0.2, 0) is 12.8 Å². The van der Waals surface area contributed by atoms with Crippen LogP contribution < -0.4 is 10.3 Å². The first-order valence-corrected chi connectivity index (χ1v) is 8.00. The molecule has 0 aliphatic heterocycles. The van der Waals surface area contributed by atoms with Gasteiger partial charge in [-0.2, -0.15) is 13.2 Å². The Labute approximate surface area is 147 Å². The number of nitro benzene ring substituents is 1. The van der Waals surface area contributed by atoms with Crippen LogP contribution in [0.4, 0.5) is 18.9 Å². The Hall–Kier alpha value is -2.95. The number of alkyl halides is 3. The van der Waals surface area contributed by atoms with Gasteiger partial charge in [0.1, 0.15) is 17.9 Å². The van der Waals surface area contributed by atoms with Gasteiger partial charge in [0.05, 0.1) is 10.6 Å². The van der Waals surface area contributed by atoms with E-state index in [1.165, 1.54) is 21.8 Å². The number of non-ortho nitro benzene ring substituents is 1. The Morgan fingerprint density at radius 1 is 1.35 bits per heavy atom. The average Bonchev–Trinajstić information content (AvgIpc) is 2.93. The molecule has 26 heavy (non-hydrogen) atoms. The molecule has 2 aromatic heterocycles. The number of benzene rings is 1. The van der Waals surface area contributed by atoms with Crippen LogP contribution in [0.2, 0.25) is 0 Å². The van der Waals surface area contributed by atoms with Crippen LogP contribution in [0, 0.1) is 17.0 Å². The zero-order valence-electron chi connectivity index (χ0n) is 13.1. The quantitative estimate of drug-likeness (QED) is 0.506. The van der Waals surface area contributed by atoms with Crippen molar-refractivity contribution in [3.63, 3.8) is 0 Å². The predicted molar refractivity (Wildman–Crippen MR) is 86.5 cm³/mol. The van der Waals surface area contributed by atoms with Crippen LogP contribution in [0.15, 0.2) is 34.4 Å². The largest absolute Gasteiger partial charge is 0.487 e. The molecule has 0 bridgehead atoms. The summed E-state index contributed by atoms with van der Waals surface area (Å²) < 4.78 is 45.9. The Bertz CT molecular complexity index is 1060. The van der Waals surface area contributed by atoms with Crippen molar-refractivity contribution < 1.29 is 22.8 Å². The number of aromatic nitrogens is 2. The van der Waals surface area contributed by atoms with Crippen molar-refractivity contribution in [2.75, 3.05) is 0 Å². The minimum atomic E-state index is -4.83. The number of thiazole rings is 1. The first-order chi connectivity index (χ1) is 12.2. The van der Waals surface area contributed by atoms with Crippen molar-refractivity contribution >= 4 is 22.0 Å². The minimum Gasteiger partial charge on any atom is -0.487 e. The number of hydrogen-bond donors (Lipinski definition) is 0. The van der Waals surface area contributed by atoms with E-state index in [4.69, 9.17) is 4.74 Å². The van der Waals surface area contributed by atoms with Gasteiger partial charge >= 0.3 is 6.18 Å². The third kappa shape index (κ3) is 3.38. The summed E-state index contributed by atoms with van der Waals surface area (Å²) in [5.41, 5.74) is -1.48. The summed E-state index contributed by atoms with van der Waals surface area (Å²) in [7, 11) is 0. The van der Waals surface area contributed by atoms with E-state index in [0.29, 0.717) is 16.7 Å². The van der Waals surface area contributed by atoms with Gasteiger partial charge in [-0.3, -0.25) is 19.3 Å². The number of halogens is 3. The fourth-order valence-corrected chi connectivity index (χ4v) is 3.20. The van der Waals surface area contributed by atoms with Gasteiger partial charge in [-0.15, -0.1) is 11.3 Å². The van der Waals surface area contributed by atoms with E-state index in [1.54, 1.807) is 12.3 Å². The van der Waals surface area contributed by atoms with Gasteiger partial charge in [0.15, 0.2) is 4.96 Å². The molecule has 0 unspecified atom stereocenters. The highest BCUT2D eigenvalue weighted by Gasteiger charge is 2.36. The van der Waals surface area contributed by atoms with Crippen molar-refractivity contribution in [1.29, 1.82) is 0 Å². The van der Waals surface area contributed by atoms with Crippen LogP contribution in [-0.4, -0.2) is 14.3 Å². The zero-order valence-corrected chi connectivity index (χ0v) is 13.9. The summed E-state index contributed by atoms with van der Waals surface area (Å²) in [6.45, 7) is 1.35. The Kier molecular flexibility index (Phi) is 4.40. The highest BCUT2D eigenvalue weighted by atomic mass is 32.1. The summed E-state index contributed by atoms with van der Waals surface area (Å²) in [4.78, 5) is 26.4. The van der Waals surface area contributed by atoms with E-state index in [0.717, 1.165) is 12.1 Å². The van der Waals surface area contributed by atoms with E-state index >= 15 is 0 Å². The number of nitrogens with zero attached hydrogens (tertiary/aromatic N) is 3. The van der Waals surface area contributed by atoms with Crippen molar-refractivity contribution in [1.82, 2.24) is 9.38 Å². The number of ether oxygens (including phenoxy) is 1. The topological polar surface area (TPSA) is 86.7 Å². The molecular formula is C15H10F3N3O4S. The molecule has 3 rings (SSSR count). The van der Waals surface area contributed by atoms with Crippen LogP contribution in [0.1, 0.15) is 17.0 Å². The van der Waals surface area contributed by atoms with Gasteiger partial charge < -0.3 is 4.74 Å². The van der Waals surface area contributed by atoms with Crippen LogP contribution in [0.5, 0.6) is 5.75 Å². The average molecular weight is 385 g/mol. The molecule has 0 radical (unpaired) electrons. The lowest BCUT2D eigenvalue weighted by Crippen LogP contribution is -2.16. The molecule has 0 spiro atoms. The highest BCUT2D eigenvalue weighted by molar-refractivity contribution is 7.15. The highest BCUT2D eigenvalue weighted by Crippen LogP contribution is 2.38. The monoisotopic (exact) mass is 385 g/mol. The number of nitro groups is 1. The van der Waals surface area contributed by atoms with Gasteiger partial charge in [0.2, 0.25) is 0 Å². The van der Waals surface area contributed by atoms with E-state index in [9.17, 15) is 28.1 Å². The van der Waals surface area contributed by atoms with Crippen LogP contribution in [0.25, 0.3) is 4.96 Å². The zero-order chi connectivity index (χ0) is 19.1. The second kappa shape index (κ2) is 6.41. The molecule has 11 heteroatoms. The van der Waals surface area contributed by atoms with Crippen LogP contribution >= 0.6 is 11.3 Å². The van der Waals surface area contributed by atoms with E-state index in [1.807, 2.05) is 0 Å². The molecule has 0 saturated carbocycles. The molecule has 136 valence electrons. The van der Waals surface area contributed by atoms with Crippen LogP contribution in [0.3, 0.4) is 0 Å². The molecule has 0 amide bonds. The molecular weight excluding hydrogens is 375 g/mol. The summed E-state index contributed by atoms with van der Waals surface area (Å²) in [6.07, 6.45) is -4.83. The first kappa shape index (κ1) is 17.9. The summed E-state index contributed by atoms with van der Waals surface area (Å²) >= 11 is 1.22. The van der Waals surface area contributed by atoms with E-state index in [-0.39, 0.29) is 17.9 Å². The van der Waals surface area contributed by atoms with Crippen molar-refractivity contribution in [2.45, 2.75) is 19.7 Å². The normalized spacial score (nSPS) is 11.7. The van der Waals surface area contributed by atoms with Gasteiger partial charge in [0, 0.05) is 29.3 Å². The first-order valence-electron chi connectivity index (χ1n) is 7.12. The maximum Gasteiger partial charge on any atom is 0.420 e. The molecule has 0 saturated heterocycles. The molecule has 1 aromatic carbocycles. The fraction of sp³-hybridized carbons (Fsp3) is 0.200. The van der Waals surface area contributed by atoms with Gasteiger partial charge in [-0.25, -0.2) is 4.98 Å². The van der Waals surface area contributed by atoms with Crippen molar-refractivity contribution in [3.8, 4) is 5.75 Å². The van der Waals surface area contributed by atoms with Crippen molar-refractivity contribution in [2.24, 2.45) is 0 Å². The van der Waals surface area contributed by atoms with Gasteiger partial charge in [0.25, 0.3) is 11.2 Å². The molecule has 0 N–H and O–H groups in total. The second-order valence-corrected chi connectivity index (χ2v) is 6.14. The van der Waals surface area contributed by atoms with E-state index < -0.39 is 28.1 Å². The molecule has 7 nitrogen and oxygen atoms in total. The number of hydrogen-bond acceptors (Lipinski definition) is 6. The minimum absolute atomic E-state index is 0.156. The molecule has 0 aliphatic carbocycles.